The highest BCUT2D eigenvalue weighted by atomic mass is 16.8. The van der Waals surface area contributed by atoms with Gasteiger partial charge in [0.05, 0.1) is 6.61 Å². The summed E-state index contributed by atoms with van der Waals surface area (Å²) in [5, 5.41) is 39.0. The zero-order valence-corrected chi connectivity index (χ0v) is 21.9. The third-order valence-electron chi connectivity index (χ3n) is 5.33. The lowest BCUT2D eigenvalue weighted by Gasteiger charge is -2.37. The number of aliphatic hydroxyl groups excluding tert-OH is 3. The van der Waals surface area contributed by atoms with Crippen LogP contribution in [-0.4, -0.2) is 89.1 Å². The third-order valence-corrected chi connectivity index (χ3v) is 5.33. The first kappa shape index (κ1) is 37.4. The van der Waals surface area contributed by atoms with Gasteiger partial charge in [0.15, 0.2) is 6.29 Å². The number of rotatable bonds is 19. The summed E-state index contributed by atoms with van der Waals surface area (Å²) in [6.45, 7) is 2.31. The molecule has 0 bridgehead atoms. The zero-order chi connectivity index (χ0) is 27.2. The van der Waals surface area contributed by atoms with Crippen molar-refractivity contribution in [3.05, 3.63) is 0 Å². The van der Waals surface area contributed by atoms with E-state index >= 15 is 0 Å². The van der Waals surface area contributed by atoms with E-state index < -0.39 is 24.6 Å². The van der Waals surface area contributed by atoms with Crippen LogP contribution in [-0.2, 0) is 28.7 Å². The molecular weight excluding hydrogens is 492 g/mol. The molecular formula is C23H48N4O10. The van der Waals surface area contributed by atoms with Gasteiger partial charge in [-0.2, -0.15) is 0 Å². The van der Waals surface area contributed by atoms with E-state index in [1.807, 2.05) is 0 Å². The van der Waals surface area contributed by atoms with Crippen molar-refractivity contribution >= 4 is 17.6 Å². The predicted octanol–water partition coefficient (Wildman–Crippen LogP) is -0.0176. The number of carbonyl (C=O) groups excluding carboxylic acids is 3. The number of hydrogen-bond donors (Lipinski definition) is 8. The van der Waals surface area contributed by atoms with Crippen LogP contribution in [0.5, 0.6) is 0 Å². The lowest BCUT2D eigenvalue weighted by atomic mass is 10.0. The lowest BCUT2D eigenvalue weighted by Crippen LogP contribution is -2.51. The summed E-state index contributed by atoms with van der Waals surface area (Å²) in [5.74, 6) is -0.115. The second-order valence-electron chi connectivity index (χ2n) is 8.61. The summed E-state index contributed by atoms with van der Waals surface area (Å²) in [4.78, 5) is 37.4. The number of carbonyl (C=O) groups is 3. The van der Waals surface area contributed by atoms with Gasteiger partial charge in [-0.15, -0.1) is 0 Å². The molecule has 11 N–H and O–H groups in total. The van der Waals surface area contributed by atoms with Crippen LogP contribution in [0.2, 0.25) is 0 Å². The Hall–Kier alpha value is -1.75. The van der Waals surface area contributed by atoms with E-state index in [0.717, 1.165) is 19.3 Å². The van der Waals surface area contributed by atoms with Crippen molar-refractivity contribution in [1.29, 1.82) is 0 Å². The van der Waals surface area contributed by atoms with Gasteiger partial charge in [0.25, 0.3) is 0 Å². The molecule has 1 saturated heterocycles. The van der Waals surface area contributed by atoms with E-state index in [9.17, 15) is 24.6 Å². The first-order valence-corrected chi connectivity index (χ1v) is 12.5. The highest BCUT2D eigenvalue weighted by Gasteiger charge is 2.38. The summed E-state index contributed by atoms with van der Waals surface area (Å²) in [5.41, 5.74) is 6.35. The minimum absolute atomic E-state index is 0. The van der Waals surface area contributed by atoms with Crippen LogP contribution < -0.4 is 22.8 Å². The molecule has 4 atom stereocenters. The Balaban J connectivity index is 0. The molecule has 1 rings (SSSR count). The summed E-state index contributed by atoms with van der Waals surface area (Å²) < 4.78 is 10.9. The molecule has 0 aromatic rings. The fraction of sp³-hybridized carbons (Fsp3) is 0.870. The quantitative estimate of drug-likeness (QED) is 0.0795. The number of primary amides is 1. The number of ether oxygens (including phenoxy) is 2. The Labute approximate surface area is 218 Å². The second-order valence-corrected chi connectivity index (χ2v) is 8.61. The van der Waals surface area contributed by atoms with Crippen molar-refractivity contribution in [2.45, 2.75) is 102 Å². The average molecular weight is 541 g/mol. The van der Waals surface area contributed by atoms with Gasteiger partial charge < -0.3 is 46.8 Å². The van der Waals surface area contributed by atoms with Crippen molar-refractivity contribution in [2.75, 3.05) is 26.4 Å². The molecule has 2 amide bonds. The van der Waals surface area contributed by atoms with Gasteiger partial charge in [-0.25, -0.2) is 0 Å². The van der Waals surface area contributed by atoms with Crippen molar-refractivity contribution in [3.8, 4) is 0 Å². The monoisotopic (exact) mass is 540 g/mol. The Kier molecular flexibility index (Phi) is 24.8. The van der Waals surface area contributed by atoms with Crippen LogP contribution in [0.25, 0.3) is 0 Å². The molecule has 14 nitrogen and oxygen atoms in total. The van der Waals surface area contributed by atoms with Gasteiger partial charge in [-0.3, -0.25) is 19.6 Å². The number of nitrogens with one attached hydrogen (secondary N) is 2. The smallest absolute Gasteiger partial charge is 0.219 e. The van der Waals surface area contributed by atoms with Crippen LogP contribution in [0.3, 0.4) is 0 Å². The number of amides is 2. The standard InChI is InChI=1S/C18H34N2O8.C5H11NO2.H3N/c1-13(22)7-3-2-5-9-19-17(24)8-4-6-10-26-18-14(23)11-15(28-20-25)16(12-21)27-18;6-5(8)3-1-2-4-7;/h14-16,18,20-21,23,25H,2-12H2,1H3,(H,19,24);7H,1-4H2,(H2,6,8);1H3. The molecule has 4 unspecified atom stereocenters. The molecule has 0 aromatic heterocycles. The van der Waals surface area contributed by atoms with Crippen LogP contribution in [0.1, 0.15) is 77.6 Å². The fourth-order valence-corrected chi connectivity index (χ4v) is 3.34. The minimum atomic E-state index is -0.951. The molecule has 1 heterocycles. The maximum atomic E-state index is 11.7. The van der Waals surface area contributed by atoms with Crippen molar-refractivity contribution in [2.24, 2.45) is 5.73 Å². The predicted molar refractivity (Wildman–Crippen MR) is 133 cm³/mol. The average Bonchev–Trinajstić information content (AvgIpc) is 2.82. The highest BCUT2D eigenvalue weighted by Crippen LogP contribution is 2.23. The van der Waals surface area contributed by atoms with E-state index in [2.05, 4.69) is 5.32 Å². The van der Waals surface area contributed by atoms with E-state index in [0.29, 0.717) is 58.1 Å². The molecule has 0 radical (unpaired) electrons. The van der Waals surface area contributed by atoms with Gasteiger partial charge in [0.2, 0.25) is 11.8 Å². The van der Waals surface area contributed by atoms with Gasteiger partial charge in [-0.05, 0) is 45.4 Å². The number of nitrogens with two attached hydrogens (primary N) is 1. The molecule has 1 aliphatic rings. The number of hydrogen-bond acceptors (Lipinski definition) is 12. The molecule has 37 heavy (non-hydrogen) atoms. The topological polar surface area (TPSA) is 245 Å². The van der Waals surface area contributed by atoms with Crippen molar-refractivity contribution < 1.29 is 49.2 Å². The Morgan fingerprint density at radius 3 is 2.27 bits per heavy atom. The van der Waals surface area contributed by atoms with Gasteiger partial charge >= 0.3 is 0 Å². The number of unbranched alkanes of at least 4 members (excludes halogenated alkanes) is 4. The van der Waals surface area contributed by atoms with Crippen molar-refractivity contribution in [1.82, 2.24) is 17.1 Å². The van der Waals surface area contributed by atoms with Gasteiger partial charge in [0.1, 0.15) is 24.1 Å². The molecule has 0 aromatic carbocycles. The zero-order valence-electron chi connectivity index (χ0n) is 21.9. The molecule has 0 aliphatic carbocycles. The van der Waals surface area contributed by atoms with E-state index in [-0.39, 0.29) is 43.4 Å². The molecule has 14 heteroatoms. The summed E-state index contributed by atoms with van der Waals surface area (Å²) in [7, 11) is 0. The SMILES string of the molecule is CC(=O)CCCCCNC(=O)CCCCOC1OC(CO)C(ONO)CC1O.N.NC(=O)CCCCO. The van der Waals surface area contributed by atoms with Crippen LogP contribution >= 0.6 is 0 Å². The highest BCUT2D eigenvalue weighted by molar-refractivity contribution is 5.76. The molecule has 220 valence electrons. The lowest BCUT2D eigenvalue weighted by molar-refractivity contribution is -0.299. The Morgan fingerprint density at radius 1 is 1.00 bits per heavy atom. The summed E-state index contributed by atoms with van der Waals surface area (Å²) in [6, 6.07) is 0. The van der Waals surface area contributed by atoms with Crippen molar-refractivity contribution in [3.63, 3.8) is 0 Å². The van der Waals surface area contributed by atoms with Crippen LogP contribution in [0.15, 0.2) is 0 Å². The maximum Gasteiger partial charge on any atom is 0.219 e. The minimum Gasteiger partial charge on any atom is -0.396 e. The van der Waals surface area contributed by atoms with Gasteiger partial charge in [0, 0.05) is 45.4 Å². The van der Waals surface area contributed by atoms with Gasteiger partial charge in [-0.1, -0.05) is 12.1 Å². The summed E-state index contributed by atoms with van der Waals surface area (Å²) >= 11 is 0. The first-order chi connectivity index (χ1) is 17.2. The van der Waals surface area contributed by atoms with E-state index in [1.165, 1.54) is 0 Å². The normalized spacial score (nSPS) is 20.8. The summed E-state index contributed by atoms with van der Waals surface area (Å²) in [6.07, 6.45) is 3.53. The number of aliphatic hydroxyl groups is 3. The van der Waals surface area contributed by atoms with Crippen LogP contribution in [0.4, 0.5) is 0 Å². The molecule has 0 spiro atoms. The Morgan fingerprint density at radius 2 is 1.68 bits per heavy atom. The number of Topliss-reactive ketones (excluding diaryl/α,β-unsaturated/α-hetero) is 1. The van der Waals surface area contributed by atoms with E-state index in [1.54, 1.807) is 12.6 Å². The maximum absolute atomic E-state index is 11.7. The Bertz CT molecular complexity index is 600. The molecule has 1 fully saturated rings. The molecule has 0 saturated carbocycles. The fourth-order valence-electron chi connectivity index (χ4n) is 3.34. The van der Waals surface area contributed by atoms with E-state index in [4.69, 9.17) is 30.4 Å². The third kappa shape index (κ3) is 20.9. The first-order valence-electron chi connectivity index (χ1n) is 12.5. The largest absolute Gasteiger partial charge is 0.396 e. The number of ketones is 1. The molecule has 1 aliphatic heterocycles. The van der Waals surface area contributed by atoms with Crippen LogP contribution in [0, 0.1) is 0 Å². The second kappa shape index (κ2) is 24.6.